The summed E-state index contributed by atoms with van der Waals surface area (Å²) < 4.78 is 0. The van der Waals surface area contributed by atoms with Crippen LogP contribution in [0.5, 0.6) is 0 Å². The summed E-state index contributed by atoms with van der Waals surface area (Å²) in [5.41, 5.74) is 7.49. The highest BCUT2D eigenvalue weighted by atomic mass is 16.1. The molecule has 1 aromatic carbocycles. The van der Waals surface area contributed by atoms with Gasteiger partial charge >= 0.3 is 0 Å². The Labute approximate surface area is 151 Å². The molecule has 3 aromatic rings. The molecule has 0 bridgehead atoms. The maximum atomic E-state index is 11.8. The quantitative estimate of drug-likeness (QED) is 0.487. The van der Waals surface area contributed by atoms with Crippen molar-refractivity contribution in [2.45, 2.75) is 18.9 Å². The SMILES string of the molecule is NC1CC1CC(=O)NCCNc1nc(-c2ccccc2)nc2[nH]ccc12. The lowest BCUT2D eigenvalue weighted by atomic mass is 10.2. The molecule has 2 heterocycles. The third-order valence-electron chi connectivity index (χ3n) is 4.61. The molecule has 7 heteroatoms. The Balaban J connectivity index is 1.41. The summed E-state index contributed by atoms with van der Waals surface area (Å²) in [5, 5.41) is 7.16. The van der Waals surface area contributed by atoms with Crippen LogP contribution >= 0.6 is 0 Å². The minimum absolute atomic E-state index is 0.0594. The molecule has 7 nitrogen and oxygen atoms in total. The van der Waals surface area contributed by atoms with Crippen LogP contribution < -0.4 is 16.4 Å². The van der Waals surface area contributed by atoms with Gasteiger partial charge < -0.3 is 21.4 Å². The number of hydrogen-bond acceptors (Lipinski definition) is 5. The summed E-state index contributed by atoms with van der Waals surface area (Å²) in [4.78, 5) is 24.2. The number of nitrogens with one attached hydrogen (secondary N) is 3. The molecule has 0 saturated heterocycles. The minimum atomic E-state index is 0.0594. The molecular weight excluding hydrogens is 328 g/mol. The molecule has 0 radical (unpaired) electrons. The summed E-state index contributed by atoms with van der Waals surface area (Å²) in [5.74, 6) is 1.84. The van der Waals surface area contributed by atoms with Gasteiger partial charge in [0.05, 0.1) is 5.39 Å². The van der Waals surface area contributed by atoms with Crippen LogP contribution in [-0.4, -0.2) is 40.0 Å². The Bertz CT molecular complexity index is 907. The van der Waals surface area contributed by atoms with Crippen LogP contribution in [0.15, 0.2) is 42.6 Å². The number of amides is 1. The van der Waals surface area contributed by atoms with Crippen molar-refractivity contribution in [3.05, 3.63) is 42.6 Å². The van der Waals surface area contributed by atoms with Crippen molar-refractivity contribution < 1.29 is 4.79 Å². The highest BCUT2D eigenvalue weighted by molar-refractivity contribution is 5.88. The van der Waals surface area contributed by atoms with Crippen molar-refractivity contribution in [2.24, 2.45) is 11.7 Å². The normalized spacial score (nSPS) is 18.7. The number of carbonyl (C=O) groups excluding carboxylic acids is 1. The van der Waals surface area contributed by atoms with E-state index in [-0.39, 0.29) is 11.9 Å². The fraction of sp³-hybridized carbons (Fsp3) is 0.316. The van der Waals surface area contributed by atoms with Crippen LogP contribution in [0.4, 0.5) is 5.82 Å². The summed E-state index contributed by atoms with van der Waals surface area (Å²) in [7, 11) is 0. The molecule has 2 aromatic heterocycles. The predicted octanol–water partition coefficient (Wildman–Crippen LogP) is 1.89. The van der Waals surface area contributed by atoms with Gasteiger partial charge in [0, 0.05) is 37.3 Å². The first-order chi connectivity index (χ1) is 12.7. The lowest BCUT2D eigenvalue weighted by Gasteiger charge is -2.10. The molecule has 2 atom stereocenters. The molecule has 4 rings (SSSR count). The number of nitrogens with zero attached hydrogens (tertiary/aromatic N) is 2. The average molecular weight is 350 g/mol. The molecule has 26 heavy (non-hydrogen) atoms. The van der Waals surface area contributed by atoms with Gasteiger partial charge in [-0.15, -0.1) is 0 Å². The maximum Gasteiger partial charge on any atom is 0.220 e. The van der Waals surface area contributed by atoms with Crippen LogP contribution in [-0.2, 0) is 4.79 Å². The molecule has 1 aliphatic carbocycles. The lowest BCUT2D eigenvalue weighted by Crippen LogP contribution is -2.29. The molecule has 2 unspecified atom stereocenters. The number of carbonyl (C=O) groups is 1. The van der Waals surface area contributed by atoms with Crippen molar-refractivity contribution in [3.8, 4) is 11.4 Å². The van der Waals surface area contributed by atoms with Crippen LogP contribution in [0.2, 0.25) is 0 Å². The smallest absolute Gasteiger partial charge is 0.220 e. The van der Waals surface area contributed by atoms with E-state index < -0.39 is 0 Å². The summed E-state index contributed by atoms with van der Waals surface area (Å²) >= 11 is 0. The van der Waals surface area contributed by atoms with Gasteiger partial charge in [0.1, 0.15) is 11.5 Å². The second kappa shape index (κ2) is 7.13. The highest BCUT2D eigenvalue weighted by Crippen LogP contribution is 2.30. The number of benzene rings is 1. The zero-order chi connectivity index (χ0) is 17.9. The Morgan fingerprint density at radius 1 is 1.19 bits per heavy atom. The van der Waals surface area contributed by atoms with E-state index in [0.29, 0.717) is 31.3 Å². The van der Waals surface area contributed by atoms with E-state index in [1.54, 1.807) is 0 Å². The Morgan fingerprint density at radius 2 is 2.00 bits per heavy atom. The van der Waals surface area contributed by atoms with Crippen molar-refractivity contribution in [2.75, 3.05) is 18.4 Å². The van der Waals surface area contributed by atoms with Crippen LogP contribution in [0, 0.1) is 5.92 Å². The van der Waals surface area contributed by atoms with Crippen LogP contribution in [0.3, 0.4) is 0 Å². The summed E-state index contributed by atoms with van der Waals surface area (Å²) in [6, 6.07) is 12.0. The van der Waals surface area contributed by atoms with Crippen molar-refractivity contribution in [1.29, 1.82) is 0 Å². The number of hydrogen-bond donors (Lipinski definition) is 4. The standard InChI is InChI=1S/C19H22N6O/c20-15-10-13(15)11-16(26)21-8-9-23-19-14-6-7-22-18(14)24-17(25-19)12-4-2-1-3-5-12/h1-7,13,15H,8-11,20H2,(H,21,26)(H2,22,23,24,25). The Morgan fingerprint density at radius 3 is 2.77 bits per heavy atom. The minimum Gasteiger partial charge on any atom is -0.368 e. The zero-order valence-corrected chi connectivity index (χ0v) is 14.4. The average Bonchev–Trinajstić information content (AvgIpc) is 3.14. The number of rotatable bonds is 7. The number of fused-ring (bicyclic) bond motifs is 1. The van der Waals surface area contributed by atoms with E-state index in [4.69, 9.17) is 5.73 Å². The van der Waals surface area contributed by atoms with Crippen LogP contribution in [0.25, 0.3) is 22.4 Å². The molecule has 134 valence electrons. The largest absolute Gasteiger partial charge is 0.368 e. The molecular formula is C19H22N6O. The Kier molecular flexibility index (Phi) is 4.53. The fourth-order valence-corrected chi connectivity index (χ4v) is 2.99. The molecule has 1 saturated carbocycles. The van der Waals surface area contributed by atoms with E-state index in [1.165, 1.54) is 0 Å². The topological polar surface area (TPSA) is 109 Å². The monoisotopic (exact) mass is 350 g/mol. The fourth-order valence-electron chi connectivity index (χ4n) is 2.99. The van der Waals surface area contributed by atoms with Gasteiger partial charge in [-0.25, -0.2) is 9.97 Å². The predicted molar refractivity (Wildman–Crippen MR) is 102 cm³/mol. The van der Waals surface area contributed by atoms with Gasteiger partial charge in [-0.2, -0.15) is 0 Å². The number of aromatic amines is 1. The van der Waals surface area contributed by atoms with Gasteiger partial charge in [0.25, 0.3) is 0 Å². The molecule has 1 aliphatic rings. The van der Waals surface area contributed by atoms with E-state index >= 15 is 0 Å². The molecule has 1 fully saturated rings. The van der Waals surface area contributed by atoms with E-state index in [0.717, 1.165) is 28.8 Å². The maximum absolute atomic E-state index is 11.8. The number of H-pyrrole nitrogens is 1. The highest BCUT2D eigenvalue weighted by Gasteiger charge is 2.34. The molecule has 1 amide bonds. The molecule has 0 spiro atoms. The number of aromatic nitrogens is 3. The molecule has 5 N–H and O–H groups in total. The second-order valence-electron chi connectivity index (χ2n) is 6.64. The zero-order valence-electron chi connectivity index (χ0n) is 14.4. The first-order valence-corrected chi connectivity index (χ1v) is 8.87. The van der Waals surface area contributed by atoms with E-state index in [1.807, 2.05) is 42.6 Å². The summed E-state index contributed by atoms with van der Waals surface area (Å²) in [6.07, 6.45) is 3.33. The van der Waals surface area contributed by atoms with Crippen LogP contribution in [0.1, 0.15) is 12.8 Å². The van der Waals surface area contributed by atoms with Crippen molar-refractivity contribution in [1.82, 2.24) is 20.3 Å². The number of anilines is 1. The van der Waals surface area contributed by atoms with Crippen molar-refractivity contribution >= 4 is 22.8 Å². The Hall–Kier alpha value is -2.93. The van der Waals surface area contributed by atoms with Gasteiger partial charge in [-0.3, -0.25) is 4.79 Å². The van der Waals surface area contributed by atoms with Gasteiger partial charge in [-0.1, -0.05) is 30.3 Å². The lowest BCUT2D eigenvalue weighted by molar-refractivity contribution is -0.121. The molecule has 0 aliphatic heterocycles. The van der Waals surface area contributed by atoms with E-state index in [9.17, 15) is 4.79 Å². The van der Waals surface area contributed by atoms with Crippen molar-refractivity contribution in [3.63, 3.8) is 0 Å². The first-order valence-electron chi connectivity index (χ1n) is 8.87. The second-order valence-corrected chi connectivity index (χ2v) is 6.64. The first kappa shape index (κ1) is 16.5. The van der Waals surface area contributed by atoms with E-state index in [2.05, 4.69) is 25.6 Å². The summed E-state index contributed by atoms with van der Waals surface area (Å²) in [6.45, 7) is 1.13. The third kappa shape index (κ3) is 3.67. The van der Waals surface area contributed by atoms with Gasteiger partial charge in [0.2, 0.25) is 5.91 Å². The third-order valence-corrected chi connectivity index (χ3v) is 4.61. The number of nitrogens with two attached hydrogens (primary N) is 1. The van der Waals surface area contributed by atoms with Gasteiger partial charge in [0.15, 0.2) is 5.82 Å². The van der Waals surface area contributed by atoms with Gasteiger partial charge in [-0.05, 0) is 18.4 Å².